The molecule has 2 aliphatic heterocycles. The van der Waals surface area contributed by atoms with E-state index in [0.717, 1.165) is 29.0 Å². The van der Waals surface area contributed by atoms with Gasteiger partial charge in [0.1, 0.15) is 6.54 Å². The SMILES string of the molecule is O=C1c2ccccc2C(=O)N1CC(=O)N1CCCc2ccccc21. The van der Waals surface area contributed by atoms with E-state index >= 15 is 0 Å². The minimum absolute atomic E-state index is 0.222. The molecule has 0 N–H and O–H groups in total. The maximum absolute atomic E-state index is 12.7. The second-order valence-electron chi connectivity index (χ2n) is 6.02. The van der Waals surface area contributed by atoms with Gasteiger partial charge in [0.05, 0.1) is 11.1 Å². The Morgan fingerprint density at radius 3 is 2.25 bits per heavy atom. The molecular formula is C19H16N2O3. The van der Waals surface area contributed by atoms with Crippen molar-refractivity contribution in [1.29, 1.82) is 0 Å². The predicted molar refractivity (Wildman–Crippen MR) is 88.9 cm³/mol. The smallest absolute Gasteiger partial charge is 0.262 e. The molecule has 5 heteroatoms. The van der Waals surface area contributed by atoms with Crippen LogP contribution in [0.1, 0.15) is 32.7 Å². The zero-order valence-corrected chi connectivity index (χ0v) is 13.1. The minimum Gasteiger partial charge on any atom is -0.311 e. The molecule has 0 bridgehead atoms. The quantitative estimate of drug-likeness (QED) is 0.798. The highest BCUT2D eigenvalue weighted by molar-refractivity contribution is 6.22. The number of aryl methyl sites for hydroxylation is 1. The molecule has 4 rings (SSSR count). The average molecular weight is 320 g/mol. The number of benzene rings is 2. The molecule has 0 aliphatic carbocycles. The van der Waals surface area contributed by atoms with E-state index in [1.807, 2.05) is 24.3 Å². The van der Waals surface area contributed by atoms with Gasteiger partial charge in [0.15, 0.2) is 0 Å². The largest absolute Gasteiger partial charge is 0.311 e. The third-order valence-corrected chi connectivity index (χ3v) is 4.58. The lowest BCUT2D eigenvalue weighted by molar-refractivity contribution is -0.119. The van der Waals surface area contributed by atoms with Crippen molar-refractivity contribution in [1.82, 2.24) is 4.90 Å². The van der Waals surface area contributed by atoms with Gasteiger partial charge in [-0.05, 0) is 36.6 Å². The van der Waals surface area contributed by atoms with E-state index in [0.29, 0.717) is 17.7 Å². The highest BCUT2D eigenvalue weighted by Crippen LogP contribution is 2.28. The molecule has 0 aromatic heterocycles. The van der Waals surface area contributed by atoms with Crippen LogP contribution < -0.4 is 4.90 Å². The molecule has 0 radical (unpaired) electrons. The molecule has 5 nitrogen and oxygen atoms in total. The number of carbonyl (C=O) groups is 3. The van der Waals surface area contributed by atoms with Crippen molar-refractivity contribution < 1.29 is 14.4 Å². The molecule has 0 unspecified atom stereocenters. The summed E-state index contributed by atoms with van der Waals surface area (Å²) in [6.45, 7) is 0.389. The third-order valence-electron chi connectivity index (χ3n) is 4.58. The van der Waals surface area contributed by atoms with E-state index in [4.69, 9.17) is 0 Å². The number of imide groups is 1. The number of amides is 3. The summed E-state index contributed by atoms with van der Waals surface area (Å²) in [6, 6.07) is 14.5. The van der Waals surface area contributed by atoms with Gasteiger partial charge < -0.3 is 4.90 Å². The molecule has 0 spiro atoms. The van der Waals surface area contributed by atoms with Gasteiger partial charge in [0, 0.05) is 12.2 Å². The summed E-state index contributed by atoms with van der Waals surface area (Å²) >= 11 is 0. The first-order chi connectivity index (χ1) is 11.7. The molecule has 0 saturated heterocycles. The average Bonchev–Trinajstić information content (AvgIpc) is 2.86. The molecule has 2 aliphatic rings. The lowest BCUT2D eigenvalue weighted by atomic mass is 10.0. The van der Waals surface area contributed by atoms with Crippen LogP contribution >= 0.6 is 0 Å². The molecular weight excluding hydrogens is 304 g/mol. The standard InChI is InChI=1S/C19H16N2O3/c22-17(20-11-5-7-13-6-1-4-10-16(13)20)12-21-18(23)14-8-2-3-9-15(14)19(21)24/h1-4,6,8-10H,5,7,11-12H2. The van der Waals surface area contributed by atoms with Gasteiger partial charge in [-0.3, -0.25) is 19.3 Å². The van der Waals surface area contributed by atoms with E-state index < -0.39 is 11.8 Å². The van der Waals surface area contributed by atoms with Crippen LogP contribution in [0.4, 0.5) is 5.69 Å². The van der Waals surface area contributed by atoms with Crippen LogP contribution in [-0.2, 0) is 11.2 Å². The Bertz CT molecular complexity index is 824. The zero-order chi connectivity index (χ0) is 16.7. The monoisotopic (exact) mass is 320 g/mol. The van der Waals surface area contributed by atoms with Gasteiger partial charge in [0.2, 0.25) is 5.91 Å². The van der Waals surface area contributed by atoms with E-state index in [-0.39, 0.29) is 12.5 Å². The number of carbonyl (C=O) groups excluding carboxylic acids is 3. The molecule has 120 valence electrons. The number of hydrogen-bond donors (Lipinski definition) is 0. The normalized spacial score (nSPS) is 16.2. The van der Waals surface area contributed by atoms with Crippen molar-refractivity contribution >= 4 is 23.4 Å². The van der Waals surface area contributed by atoms with Crippen LogP contribution in [0.5, 0.6) is 0 Å². The summed E-state index contributed by atoms with van der Waals surface area (Å²) < 4.78 is 0. The Morgan fingerprint density at radius 1 is 0.917 bits per heavy atom. The Balaban J connectivity index is 1.58. The maximum atomic E-state index is 12.7. The van der Waals surface area contributed by atoms with Crippen LogP contribution in [0.3, 0.4) is 0 Å². The fourth-order valence-electron chi connectivity index (χ4n) is 3.40. The van der Waals surface area contributed by atoms with Crippen molar-refractivity contribution in [2.24, 2.45) is 0 Å². The lowest BCUT2D eigenvalue weighted by Crippen LogP contribution is -2.44. The van der Waals surface area contributed by atoms with Gasteiger partial charge >= 0.3 is 0 Å². The van der Waals surface area contributed by atoms with E-state index in [1.165, 1.54) is 0 Å². The highest BCUT2D eigenvalue weighted by atomic mass is 16.2. The summed E-state index contributed by atoms with van der Waals surface area (Å²) in [5.74, 6) is -1.01. The van der Waals surface area contributed by atoms with Gasteiger partial charge in [-0.15, -0.1) is 0 Å². The Labute approximate surface area is 139 Å². The van der Waals surface area contributed by atoms with Crippen LogP contribution in [-0.4, -0.2) is 35.7 Å². The third kappa shape index (κ3) is 2.21. The fraction of sp³-hybridized carbons (Fsp3) is 0.211. The molecule has 2 heterocycles. The Kier molecular flexibility index (Phi) is 3.41. The van der Waals surface area contributed by atoms with Gasteiger partial charge in [0.25, 0.3) is 11.8 Å². The van der Waals surface area contributed by atoms with Crippen molar-refractivity contribution in [2.75, 3.05) is 18.0 Å². The summed E-state index contributed by atoms with van der Waals surface area (Å²) in [4.78, 5) is 40.3. The molecule has 0 fully saturated rings. The van der Waals surface area contributed by atoms with Crippen molar-refractivity contribution in [2.45, 2.75) is 12.8 Å². The predicted octanol–water partition coefficient (Wildman–Crippen LogP) is 2.26. The summed E-state index contributed by atoms with van der Waals surface area (Å²) in [7, 11) is 0. The van der Waals surface area contributed by atoms with Gasteiger partial charge in [-0.25, -0.2) is 0 Å². The van der Waals surface area contributed by atoms with E-state index in [9.17, 15) is 14.4 Å². The molecule has 2 aromatic rings. The molecule has 24 heavy (non-hydrogen) atoms. The molecule has 0 atom stereocenters. The Morgan fingerprint density at radius 2 is 1.54 bits per heavy atom. The summed E-state index contributed by atoms with van der Waals surface area (Å²) in [5, 5.41) is 0. The number of anilines is 1. The van der Waals surface area contributed by atoms with Crippen LogP contribution in [0, 0.1) is 0 Å². The Hall–Kier alpha value is -2.95. The highest BCUT2D eigenvalue weighted by Gasteiger charge is 2.37. The number of hydrogen-bond acceptors (Lipinski definition) is 3. The molecule has 0 saturated carbocycles. The first-order valence-electron chi connectivity index (χ1n) is 8.00. The number of rotatable bonds is 2. The van der Waals surface area contributed by atoms with E-state index in [1.54, 1.807) is 29.2 Å². The number of nitrogens with zero attached hydrogens (tertiary/aromatic N) is 2. The topological polar surface area (TPSA) is 57.7 Å². The second kappa shape index (κ2) is 5.60. The first-order valence-corrected chi connectivity index (χ1v) is 8.00. The lowest BCUT2D eigenvalue weighted by Gasteiger charge is -2.30. The molecule has 2 aromatic carbocycles. The van der Waals surface area contributed by atoms with Gasteiger partial charge in [-0.1, -0.05) is 30.3 Å². The van der Waals surface area contributed by atoms with Crippen LogP contribution in [0.15, 0.2) is 48.5 Å². The van der Waals surface area contributed by atoms with Gasteiger partial charge in [-0.2, -0.15) is 0 Å². The van der Waals surface area contributed by atoms with Crippen molar-refractivity contribution in [3.8, 4) is 0 Å². The summed E-state index contributed by atoms with van der Waals surface area (Å²) in [5.41, 5.74) is 2.74. The van der Waals surface area contributed by atoms with Crippen molar-refractivity contribution in [3.05, 3.63) is 65.2 Å². The van der Waals surface area contributed by atoms with E-state index in [2.05, 4.69) is 0 Å². The number of para-hydroxylation sites is 1. The number of fused-ring (bicyclic) bond motifs is 2. The fourth-order valence-corrected chi connectivity index (χ4v) is 3.40. The maximum Gasteiger partial charge on any atom is 0.262 e. The summed E-state index contributed by atoms with van der Waals surface area (Å²) in [6.07, 6.45) is 1.82. The van der Waals surface area contributed by atoms with Crippen molar-refractivity contribution in [3.63, 3.8) is 0 Å². The zero-order valence-electron chi connectivity index (χ0n) is 13.1. The molecule has 3 amide bonds. The first kappa shape index (κ1) is 14.6. The van der Waals surface area contributed by atoms with Crippen LogP contribution in [0.2, 0.25) is 0 Å². The van der Waals surface area contributed by atoms with Crippen LogP contribution in [0.25, 0.3) is 0 Å². The minimum atomic E-state index is -0.394. The second-order valence-corrected chi connectivity index (χ2v) is 6.02.